The van der Waals surface area contributed by atoms with Crippen LogP contribution in [0.15, 0.2) is 11.2 Å². The normalized spacial score (nSPS) is 14.2. The van der Waals surface area contributed by atoms with Gasteiger partial charge in [0.1, 0.15) is 0 Å². The van der Waals surface area contributed by atoms with E-state index in [4.69, 9.17) is 18.9 Å². The van der Waals surface area contributed by atoms with Gasteiger partial charge in [0.25, 0.3) is 0 Å². The van der Waals surface area contributed by atoms with Gasteiger partial charge in [0, 0.05) is 13.0 Å². The van der Waals surface area contributed by atoms with Gasteiger partial charge >= 0.3 is 13.0 Å². The molecule has 0 rings (SSSR count). The first-order chi connectivity index (χ1) is 11.4. The molecule has 0 radical (unpaired) electrons. The molecule has 0 saturated carbocycles. The van der Waals surface area contributed by atoms with Crippen molar-refractivity contribution < 1.29 is 23.1 Å². The Labute approximate surface area is 153 Å². The van der Waals surface area contributed by atoms with Crippen molar-refractivity contribution in [1.29, 1.82) is 5.39 Å². The summed E-state index contributed by atoms with van der Waals surface area (Å²) < 4.78 is 28.8. The van der Waals surface area contributed by atoms with E-state index in [1.165, 1.54) is 0 Å². The van der Waals surface area contributed by atoms with Gasteiger partial charge in [-0.3, -0.25) is 0 Å². The average Bonchev–Trinajstić information content (AvgIpc) is 2.46. The Morgan fingerprint density at radius 1 is 1.16 bits per heavy atom. The third kappa shape index (κ3) is 7.59. The number of aliphatic hydroxyl groups excluding tert-OH is 1. The summed E-state index contributed by atoms with van der Waals surface area (Å²) in [5, 5.41) is 19.4. The fourth-order valence-electron chi connectivity index (χ4n) is 1.82. The van der Waals surface area contributed by atoms with Gasteiger partial charge in [-0.25, -0.2) is 4.57 Å². The zero-order valence-electron chi connectivity index (χ0n) is 16.7. The molecule has 0 aliphatic rings. The summed E-state index contributed by atoms with van der Waals surface area (Å²) in [5.74, 6) is -0.278. The van der Waals surface area contributed by atoms with E-state index < -0.39 is 21.4 Å². The molecular weight excluding hydrogens is 359 g/mol. The van der Waals surface area contributed by atoms with Crippen molar-refractivity contribution in [2.24, 2.45) is 0 Å². The summed E-state index contributed by atoms with van der Waals surface area (Å²) in [6.07, 6.45) is 1.56. The second-order valence-corrected chi connectivity index (χ2v) is 14.0. The van der Waals surface area contributed by atoms with Gasteiger partial charge in [0.05, 0.1) is 13.2 Å². The summed E-state index contributed by atoms with van der Waals surface area (Å²) >= 11 is 0. The first kappa shape index (κ1) is 24.3. The molecule has 7 nitrogen and oxygen atoms in total. The van der Waals surface area contributed by atoms with Gasteiger partial charge in [0.15, 0.2) is 19.1 Å². The molecule has 0 fully saturated rings. The van der Waals surface area contributed by atoms with E-state index in [9.17, 15) is 9.67 Å². The molecule has 0 atom stereocenters. The van der Waals surface area contributed by atoms with Crippen LogP contribution in [0.2, 0.25) is 18.1 Å². The maximum atomic E-state index is 12.6. The predicted molar refractivity (Wildman–Crippen MR) is 103 cm³/mol. The zero-order valence-corrected chi connectivity index (χ0v) is 18.6. The molecule has 0 spiro atoms. The Kier molecular flexibility index (Phi) is 10.1. The highest BCUT2D eigenvalue weighted by Gasteiger charge is 2.45. The highest BCUT2D eigenvalue weighted by Crippen LogP contribution is 2.57. The smallest absolute Gasteiger partial charge is 0.505 e. The topological polar surface area (TPSA) is 93.1 Å². The Morgan fingerprint density at radius 3 is 2.08 bits per heavy atom. The second-order valence-electron chi connectivity index (χ2n) is 7.27. The maximum Gasteiger partial charge on any atom is 0.507 e. The summed E-state index contributed by atoms with van der Waals surface area (Å²) in [6, 6.07) is 0. The lowest BCUT2D eigenvalue weighted by atomic mass is 10.2. The number of rotatable bonds is 11. The Bertz CT molecular complexity index is 528. The van der Waals surface area contributed by atoms with Crippen molar-refractivity contribution in [3.05, 3.63) is 16.2 Å². The molecule has 0 aromatic heterocycles. The molecule has 0 amide bonds. The van der Waals surface area contributed by atoms with Crippen LogP contribution in [-0.4, -0.2) is 33.2 Å². The van der Waals surface area contributed by atoms with Crippen molar-refractivity contribution in [3.8, 4) is 0 Å². The molecule has 9 heteroatoms. The van der Waals surface area contributed by atoms with E-state index >= 15 is 0 Å². The minimum Gasteiger partial charge on any atom is -0.505 e. The molecule has 0 aromatic rings. The molecule has 146 valence electrons. The van der Waals surface area contributed by atoms with E-state index in [0.717, 1.165) is 6.42 Å². The summed E-state index contributed by atoms with van der Waals surface area (Å²) in [7, 11) is -5.58. The lowest BCUT2D eigenvalue weighted by Gasteiger charge is -2.36. The van der Waals surface area contributed by atoms with Crippen LogP contribution < -0.4 is 0 Å². The van der Waals surface area contributed by atoms with Crippen LogP contribution in [0.25, 0.3) is 4.98 Å². The Hall–Kier alpha value is -0.713. The zero-order chi connectivity index (χ0) is 19.7. The fraction of sp³-hybridized carbons (Fsp3) is 0.875. The predicted octanol–water partition coefficient (Wildman–Crippen LogP) is 6.02. The van der Waals surface area contributed by atoms with Crippen LogP contribution in [0, 0.1) is 5.39 Å². The molecule has 0 aromatic carbocycles. The Balaban J connectivity index is 4.74. The molecule has 0 unspecified atom stereocenters. The van der Waals surface area contributed by atoms with E-state index in [1.54, 1.807) is 13.8 Å². The molecule has 0 aliphatic carbocycles. The van der Waals surface area contributed by atoms with Crippen molar-refractivity contribution in [2.45, 2.75) is 72.0 Å². The molecule has 0 bridgehead atoms. The number of allylic oxidation sites excluding steroid dienone is 1. The summed E-state index contributed by atoms with van der Waals surface area (Å²) in [4.78, 5) is 2.96. The first-order valence-electron chi connectivity index (χ1n) is 8.76. The van der Waals surface area contributed by atoms with E-state index in [-0.39, 0.29) is 30.4 Å². The molecule has 0 aliphatic heterocycles. The van der Waals surface area contributed by atoms with Gasteiger partial charge in [0.2, 0.25) is 5.39 Å². The molecule has 25 heavy (non-hydrogen) atoms. The van der Waals surface area contributed by atoms with Gasteiger partial charge < -0.3 is 18.6 Å². The fourth-order valence-corrected chi connectivity index (χ4v) is 4.44. The van der Waals surface area contributed by atoms with E-state index in [2.05, 4.69) is 38.8 Å². The largest absolute Gasteiger partial charge is 0.507 e. The van der Waals surface area contributed by atoms with Crippen LogP contribution in [0.1, 0.15) is 53.9 Å². The molecule has 1 N–H and O–H groups in total. The SMILES string of the molecule is CCOP(=O)(OCC)/C([N+]#N)=C(\O)CCCCO[Si](C)(C)C(C)(C)C. The summed E-state index contributed by atoms with van der Waals surface area (Å²) in [6.45, 7) is 15.1. The minimum absolute atomic E-state index is 0.115. The highest BCUT2D eigenvalue weighted by molar-refractivity contribution is 7.58. The van der Waals surface area contributed by atoms with Crippen LogP contribution in [0.4, 0.5) is 0 Å². The minimum atomic E-state index is -3.80. The van der Waals surface area contributed by atoms with Crippen LogP contribution in [-0.2, 0) is 18.0 Å². The summed E-state index contributed by atoms with van der Waals surface area (Å²) in [5.41, 5.74) is -0.415. The van der Waals surface area contributed by atoms with Crippen molar-refractivity contribution in [2.75, 3.05) is 19.8 Å². The van der Waals surface area contributed by atoms with Gasteiger partial charge in [-0.05, 0) is 44.8 Å². The number of aliphatic hydroxyl groups is 1. The quantitative estimate of drug-likeness (QED) is 0.152. The number of hydrogen-bond acceptors (Lipinski definition) is 6. The molecular formula is C16H34N2O5PSi+. The van der Waals surface area contributed by atoms with Crippen LogP contribution in [0.5, 0.6) is 0 Å². The van der Waals surface area contributed by atoms with E-state index in [0.29, 0.717) is 13.0 Å². The Morgan fingerprint density at radius 2 is 1.68 bits per heavy atom. The van der Waals surface area contributed by atoms with Gasteiger partial charge in [-0.2, -0.15) is 0 Å². The van der Waals surface area contributed by atoms with Crippen molar-refractivity contribution in [3.63, 3.8) is 0 Å². The van der Waals surface area contributed by atoms with E-state index in [1.807, 2.05) is 0 Å². The molecule has 0 saturated heterocycles. The third-order valence-corrected chi connectivity index (χ3v) is 10.9. The molecule has 0 heterocycles. The monoisotopic (exact) mass is 393 g/mol. The lowest BCUT2D eigenvalue weighted by Crippen LogP contribution is -2.40. The first-order valence-corrected chi connectivity index (χ1v) is 13.2. The van der Waals surface area contributed by atoms with Gasteiger partial charge in [-0.15, -0.1) is 0 Å². The third-order valence-electron chi connectivity index (χ3n) is 4.29. The van der Waals surface area contributed by atoms with Gasteiger partial charge in [-0.1, -0.05) is 20.8 Å². The second kappa shape index (κ2) is 10.4. The van der Waals surface area contributed by atoms with Crippen LogP contribution in [0.3, 0.4) is 0 Å². The average molecular weight is 394 g/mol. The number of nitrogens with zero attached hydrogens (tertiary/aromatic N) is 2. The number of unbranched alkanes of at least 4 members (excludes halogenated alkanes) is 1. The van der Waals surface area contributed by atoms with Crippen molar-refractivity contribution in [1.82, 2.24) is 0 Å². The van der Waals surface area contributed by atoms with Crippen molar-refractivity contribution >= 4 is 15.9 Å². The number of diazo groups is 1. The lowest BCUT2D eigenvalue weighted by molar-refractivity contribution is 0.225. The maximum absolute atomic E-state index is 12.6. The number of hydrogen-bond donors (Lipinski definition) is 1. The standard InChI is InChI=1S/C16H33N2O5PSi/c1-8-21-24(20,22-9-2)15(18-17)14(19)12-10-11-13-23-25(6,7)16(3,4)5/h8-13H2,1-7H3/p+1. The van der Waals surface area contributed by atoms with Crippen LogP contribution >= 0.6 is 7.60 Å². The highest BCUT2D eigenvalue weighted by atomic mass is 31.2.